The van der Waals surface area contributed by atoms with E-state index in [1.807, 2.05) is 152 Å². The molecule has 8 rings (SSSR count). The highest BCUT2D eigenvalue weighted by atomic mass is 35.5. The number of alkyl halides is 1. The van der Waals surface area contributed by atoms with Crippen molar-refractivity contribution in [1.82, 2.24) is 15.2 Å². The van der Waals surface area contributed by atoms with Gasteiger partial charge in [0.2, 0.25) is 5.60 Å². The number of ether oxygens (including phenoxy) is 2. The molecule has 2 atom stereocenters. The molecule has 2 aliphatic rings. The van der Waals surface area contributed by atoms with Gasteiger partial charge in [-0.05, 0) is 68.0 Å². The van der Waals surface area contributed by atoms with Crippen molar-refractivity contribution in [2.24, 2.45) is 5.16 Å². The zero-order valence-electron chi connectivity index (χ0n) is 39.2. The molecular formula is C55H52ClN5O7S2. The number of halogens is 1. The van der Waals surface area contributed by atoms with Crippen LogP contribution in [0.1, 0.15) is 74.2 Å². The van der Waals surface area contributed by atoms with Crippen LogP contribution in [0.15, 0.2) is 186 Å². The van der Waals surface area contributed by atoms with E-state index in [4.69, 9.17) is 30.9 Å². The van der Waals surface area contributed by atoms with Gasteiger partial charge >= 0.3 is 11.9 Å². The normalized spacial score (nSPS) is 16.4. The molecule has 3 heterocycles. The first kappa shape index (κ1) is 49.4. The Morgan fingerprint density at radius 3 is 1.81 bits per heavy atom. The lowest BCUT2D eigenvalue weighted by atomic mass is 9.77. The maximum absolute atomic E-state index is 14.7. The summed E-state index contributed by atoms with van der Waals surface area (Å²) in [5, 5.41) is 12.3. The molecule has 0 bridgehead atoms. The van der Waals surface area contributed by atoms with Crippen molar-refractivity contribution in [2.75, 3.05) is 16.9 Å². The third-order valence-electron chi connectivity index (χ3n) is 11.4. The van der Waals surface area contributed by atoms with Crippen LogP contribution >= 0.6 is 34.7 Å². The number of hydrogen-bond acceptors (Lipinski definition) is 12. The van der Waals surface area contributed by atoms with Crippen molar-refractivity contribution in [2.45, 2.75) is 68.9 Å². The van der Waals surface area contributed by atoms with Crippen molar-refractivity contribution in [3.8, 4) is 0 Å². The molecule has 6 aromatic rings. The topological polar surface area (TPSA) is 149 Å². The van der Waals surface area contributed by atoms with Gasteiger partial charge in [-0.1, -0.05) is 169 Å². The summed E-state index contributed by atoms with van der Waals surface area (Å²) in [7, 11) is 0. The molecular weight excluding hydrogens is 942 g/mol. The standard InChI is InChI=1S/C55H52ClN5O7S2/c1-53(2,3)67-51(65)54(4,5)68-60-43(42-35-70-52(57-42)59-55(39-27-15-8-16-28-39,40-29-17-9-18-30-40)41-31-19-10-20-32-41)47(62)58-44-48(63)61-45(38(26-21-33-56)34-69-49(44)61)50(64)66-46(36-22-11-6-12-23-36)37-24-13-7-14-25-37/h6-32,35,44,46,49H,33-34H2,1-5H3,(H,57,59)(H,58,62)/b26-21-,60-43+/t44?,49-/m1/s1. The van der Waals surface area contributed by atoms with Crippen LogP contribution in [-0.2, 0) is 39.0 Å². The summed E-state index contributed by atoms with van der Waals surface area (Å²) < 4.78 is 11.9. The minimum absolute atomic E-state index is 0.0581. The van der Waals surface area contributed by atoms with Crippen LogP contribution in [-0.4, -0.2) is 73.6 Å². The fraction of sp³-hybridized carbons (Fsp3) is 0.236. The quantitative estimate of drug-likeness (QED) is 0.0226. The first-order valence-electron chi connectivity index (χ1n) is 22.6. The van der Waals surface area contributed by atoms with E-state index in [1.165, 1.54) is 41.8 Å². The number of fused-ring (bicyclic) bond motifs is 1. The molecule has 1 fully saturated rings. The molecule has 2 aliphatic heterocycles. The van der Waals surface area contributed by atoms with Gasteiger partial charge in [0.1, 0.15) is 33.9 Å². The smallest absolute Gasteiger partial charge is 0.356 e. The summed E-state index contributed by atoms with van der Waals surface area (Å²) in [5.41, 5.74) is 1.29. The van der Waals surface area contributed by atoms with E-state index in [0.29, 0.717) is 16.5 Å². The molecule has 70 heavy (non-hydrogen) atoms. The van der Waals surface area contributed by atoms with Gasteiger partial charge in [-0.15, -0.1) is 34.7 Å². The zero-order valence-corrected chi connectivity index (χ0v) is 41.6. The molecule has 358 valence electrons. The Morgan fingerprint density at radius 1 is 0.800 bits per heavy atom. The number of thioether (sulfide) groups is 1. The van der Waals surface area contributed by atoms with Gasteiger partial charge in [0.25, 0.3) is 11.8 Å². The fourth-order valence-corrected chi connectivity index (χ4v) is 10.2. The number of allylic oxidation sites excluding steroid dienone is 2. The van der Waals surface area contributed by atoms with Crippen LogP contribution in [0.4, 0.5) is 5.13 Å². The zero-order chi connectivity index (χ0) is 49.5. The molecule has 15 heteroatoms. The van der Waals surface area contributed by atoms with Gasteiger partial charge < -0.3 is 24.9 Å². The van der Waals surface area contributed by atoms with Crippen LogP contribution in [0.2, 0.25) is 0 Å². The van der Waals surface area contributed by atoms with Crippen molar-refractivity contribution < 1.29 is 33.5 Å². The number of oxime groups is 1. The average Bonchev–Trinajstić information content (AvgIpc) is 3.84. The van der Waals surface area contributed by atoms with E-state index in [0.717, 1.165) is 27.8 Å². The Kier molecular flexibility index (Phi) is 15.1. The van der Waals surface area contributed by atoms with Crippen LogP contribution < -0.4 is 10.6 Å². The largest absolute Gasteiger partial charge is 0.457 e. The van der Waals surface area contributed by atoms with Gasteiger partial charge in [0, 0.05) is 17.0 Å². The highest BCUT2D eigenvalue weighted by molar-refractivity contribution is 8.00. The Hall–Kier alpha value is -7.00. The molecule has 0 spiro atoms. The number of benzene rings is 5. The number of thiazole rings is 1. The number of anilines is 1. The number of aromatic nitrogens is 1. The highest BCUT2D eigenvalue weighted by Crippen LogP contribution is 2.43. The summed E-state index contributed by atoms with van der Waals surface area (Å²) in [6.07, 6.45) is 2.64. The van der Waals surface area contributed by atoms with E-state index < -0.39 is 58.0 Å². The number of esters is 2. The summed E-state index contributed by atoms with van der Waals surface area (Å²) in [6, 6.07) is 47.6. The fourth-order valence-electron chi connectivity index (χ4n) is 8.09. The highest BCUT2D eigenvalue weighted by Gasteiger charge is 2.55. The Bertz CT molecular complexity index is 2770. The third kappa shape index (κ3) is 10.7. The predicted octanol–water partition coefficient (Wildman–Crippen LogP) is 10.2. The average molecular weight is 995 g/mol. The SMILES string of the molecule is CC(C)(C)OC(=O)C(C)(C)O/N=C(/C(=O)NC1C(=O)N2C(C(=O)OC(c3ccccc3)c3ccccc3)=C(/C=C\CCl)CS[C@H]12)c1csc(NC(c2ccccc2)(c2ccccc2)c2ccccc2)n1. The number of nitrogens with zero attached hydrogens (tertiary/aromatic N) is 3. The summed E-state index contributed by atoms with van der Waals surface area (Å²) >= 11 is 8.67. The van der Waals surface area contributed by atoms with E-state index >= 15 is 0 Å². The monoisotopic (exact) mass is 993 g/mol. The van der Waals surface area contributed by atoms with Crippen LogP contribution in [0, 0.1) is 0 Å². The number of carbonyl (C=O) groups excluding carboxylic acids is 4. The molecule has 1 aromatic heterocycles. The number of carbonyl (C=O) groups is 4. The minimum atomic E-state index is -1.65. The predicted molar refractivity (Wildman–Crippen MR) is 275 cm³/mol. The lowest BCUT2D eigenvalue weighted by molar-refractivity contribution is -0.179. The molecule has 0 radical (unpaired) electrons. The van der Waals surface area contributed by atoms with E-state index in [-0.39, 0.29) is 23.0 Å². The van der Waals surface area contributed by atoms with E-state index in [9.17, 15) is 19.2 Å². The lowest BCUT2D eigenvalue weighted by Crippen LogP contribution is -2.71. The number of rotatable bonds is 17. The molecule has 1 unspecified atom stereocenters. The van der Waals surface area contributed by atoms with Gasteiger partial charge in [-0.2, -0.15) is 0 Å². The Labute approximate surface area is 420 Å². The number of hydrogen-bond donors (Lipinski definition) is 2. The Morgan fingerprint density at radius 2 is 1.31 bits per heavy atom. The van der Waals surface area contributed by atoms with E-state index in [1.54, 1.807) is 38.3 Å². The number of β-lactam (4-membered cyclic amide) rings is 1. The minimum Gasteiger partial charge on any atom is -0.457 e. The van der Waals surface area contributed by atoms with Crippen molar-refractivity contribution >= 4 is 69.3 Å². The van der Waals surface area contributed by atoms with Gasteiger partial charge in [0.05, 0.1) is 0 Å². The number of nitrogens with one attached hydrogen (secondary N) is 2. The molecule has 0 saturated carbocycles. The Balaban J connectivity index is 1.12. The number of amides is 2. The van der Waals surface area contributed by atoms with Crippen molar-refractivity contribution in [3.63, 3.8) is 0 Å². The second kappa shape index (κ2) is 21.3. The molecule has 2 N–H and O–H groups in total. The summed E-state index contributed by atoms with van der Waals surface area (Å²) in [5.74, 6) is -2.28. The van der Waals surface area contributed by atoms with Crippen LogP contribution in [0.5, 0.6) is 0 Å². The van der Waals surface area contributed by atoms with Gasteiger partial charge in [-0.25, -0.2) is 14.6 Å². The second-order valence-corrected chi connectivity index (χ2v) is 20.2. The third-order valence-corrected chi connectivity index (χ3v) is 13.7. The molecule has 0 aliphatic carbocycles. The summed E-state index contributed by atoms with van der Waals surface area (Å²) in [4.78, 5) is 69.1. The van der Waals surface area contributed by atoms with Gasteiger partial charge in [-0.3, -0.25) is 14.5 Å². The van der Waals surface area contributed by atoms with E-state index in [2.05, 4.69) is 15.8 Å². The lowest BCUT2D eigenvalue weighted by Gasteiger charge is -2.49. The van der Waals surface area contributed by atoms with Gasteiger partial charge in [0.15, 0.2) is 16.9 Å². The molecule has 5 aromatic carbocycles. The van der Waals surface area contributed by atoms with Crippen molar-refractivity contribution in [1.29, 1.82) is 0 Å². The first-order valence-corrected chi connectivity index (χ1v) is 25.1. The maximum Gasteiger partial charge on any atom is 0.356 e. The van der Waals surface area contributed by atoms with Crippen LogP contribution in [0.3, 0.4) is 0 Å². The molecule has 2 amide bonds. The second-order valence-electron chi connectivity index (χ2n) is 18.0. The molecule has 1 saturated heterocycles. The summed E-state index contributed by atoms with van der Waals surface area (Å²) in [6.45, 7) is 8.17. The van der Waals surface area contributed by atoms with Crippen molar-refractivity contribution in [3.05, 3.63) is 214 Å². The first-order chi connectivity index (χ1) is 33.7. The molecule has 12 nitrogen and oxygen atoms in total. The maximum atomic E-state index is 14.7. The van der Waals surface area contributed by atoms with Crippen LogP contribution in [0.25, 0.3) is 0 Å².